The number of carbonyl (C=O) groups excluding carboxylic acids is 3. The SMILES string of the molecule is C[C@@H]1[C@@H](CO)O[C@@H](n2cnc3c(N(C(=O)OC(C)(C)C)C(=O)OC(C)(C)C)nc(Cl)nc32)[C@]1(C)OC(=O)OC(C)(C)C. The lowest BCUT2D eigenvalue weighted by Crippen LogP contribution is -2.44. The van der Waals surface area contributed by atoms with Crippen molar-refractivity contribution < 1.29 is 43.2 Å². The van der Waals surface area contributed by atoms with Crippen molar-refractivity contribution in [1.82, 2.24) is 19.5 Å². The Labute approximate surface area is 249 Å². The highest BCUT2D eigenvalue weighted by Crippen LogP contribution is 2.46. The number of nitrogens with zero attached hydrogens (tertiary/aromatic N) is 5. The summed E-state index contributed by atoms with van der Waals surface area (Å²) in [5, 5.41) is 9.67. The summed E-state index contributed by atoms with van der Waals surface area (Å²) in [6, 6.07) is 0. The summed E-state index contributed by atoms with van der Waals surface area (Å²) in [7, 11) is 0. The van der Waals surface area contributed by atoms with Gasteiger partial charge in [-0.15, -0.1) is 0 Å². The van der Waals surface area contributed by atoms with Gasteiger partial charge in [0, 0.05) is 5.92 Å². The van der Waals surface area contributed by atoms with Crippen molar-refractivity contribution in [2.45, 2.75) is 111 Å². The van der Waals surface area contributed by atoms with Crippen molar-refractivity contribution in [3.63, 3.8) is 0 Å². The number of aliphatic hydroxyl groups is 1. The molecule has 15 heteroatoms. The Morgan fingerprint density at radius 1 is 1.00 bits per heavy atom. The molecule has 1 aliphatic heterocycles. The van der Waals surface area contributed by atoms with E-state index in [1.165, 1.54) is 10.9 Å². The molecule has 0 spiro atoms. The molecule has 0 aromatic carbocycles. The second-order valence-corrected chi connectivity index (χ2v) is 13.5. The minimum absolute atomic E-state index is 0.0283. The van der Waals surface area contributed by atoms with Gasteiger partial charge in [0.15, 0.2) is 28.8 Å². The van der Waals surface area contributed by atoms with Gasteiger partial charge in [0.1, 0.15) is 16.8 Å². The molecule has 0 unspecified atom stereocenters. The molecule has 0 bridgehead atoms. The van der Waals surface area contributed by atoms with E-state index in [-0.39, 0.29) is 28.9 Å². The highest BCUT2D eigenvalue weighted by atomic mass is 35.5. The zero-order valence-electron chi connectivity index (χ0n) is 25.8. The molecule has 1 aliphatic rings. The quantitative estimate of drug-likeness (QED) is 0.266. The molecule has 234 valence electrons. The predicted molar refractivity (Wildman–Crippen MR) is 151 cm³/mol. The molecule has 4 atom stereocenters. The minimum Gasteiger partial charge on any atom is -0.443 e. The molecule has 0 saturated carbocycles. The van der Waals surface area contributed by atoms with Gasteiger partial charge in [-0.2, -0.15) is 14.9 Å². The van der Waals surface area contributed by atoms with E-state index >= 15 is 0 Å². The maximum Gasteiger partial charge on any atom is 0.509 e. The van der Waals surface area contributed by atoms with E-state index in [2.05, 4.69) is 15.0 Å². The number of halogens is 1. The van der Waals surface area contributed by atoms with Crippen LogP contribution < -0.4 is 4.90 Å². The average molecular weight is 614 g/mol. The molecule has 0 radical (unpaired) electrons. The van der Waals surface area contributed by atoms with E-state index in [1.54, 1.807) is 76.2 Å². The molecule has 42 heavy (non-hydrogen) atoms. The summed E-state index contributed by atoms with van der Waals surface area (Å²) in [5.41, 5.74) is -4.15. The second kappa shape index (κ2) is 11.5. The Morgan fingerprint density at radius 2 is 1.52 bits per heavy atom. The van der Waals surface area contributed by atoms with Crippen molar-refractivity contribution in [2.24, 2.45) is 5.92 Å². The first-order valence-corrected chi connectivity index (χ1v) is 13.8. The van der Waals surface area contributed by atoms with Crippen LogP contribution in [0, 0.1) is 5.92 Å². The molecule has 2 aromatic heterocycles. The largest absolute Gasteiger partial charge is 0.509 e. The van der Waals surface area contributed by atoms with Crippen LogP contribution in [0.15, 0.2) is 6.33 Å². The number of hydrogen-bond donors (Lipinski definition) is 1. The molecule has 14 nitrogen and oxygen atoms in total. The van der Waals surface area contributed by atoms with Gasteiger partial charge < -0.3 is 28.8 Å². The van der Waals surface area contributed by atoms with Crippen LogP contribution in [0.25, 0.3) is 11.2 Å². The van der Waals surface area contributed by atoms with Crippen molar-refractivity contribution in [3.05, 3.63) is 11.6 Å². The Kier molecular flexibility index (Phi) is 9.07. The highest BCUT2D eigenvalue weighted by Gasteiger charge is 2.56. The lowest BCUT2D eigenvalue weighted by Gasteiger charge is -2.34. The number of ether oxygens (including phenoxy) is 5. The van der Waals surface area contributed by atoms with Gasteiger partial charge in [0.25, 0.3) is 0 Å². The smallest absolute Gasteiger partial charge is 0.443 e. The van der Waals surface area contributed by atoms with Crippen LogP contribution in [0.1, 0.15) is 82.4 Å². The molecule has 1 fully saturated rings. The van der Waals surface area contributed by atoms with Gasteiger partial charge in [-0.25, -0.2) is 19.4 Å². The fraction of sp³-hybridized carbons (Fsp3) is 0.704. The van der Waals surface area contributed by atoms with E-state index in [4.69, 9.17) is 35.3 Å². The average Bonchev–Trinajstić information content (AvgIpc) is 3.28. The third kappa shape index (κ3) is 7.39. The molecule has 0 aliphatic carbocycles. The number of hydrogen-bond acceptors (Lipinski definition) is 12. The third-order valence-corrected chi connectivity index (χ3v) is 6.29. The standard InChI is InChI=1S/C27H40ClN5O9/c1-14-15(12-34)38-19(27(14,11)42-23(37)41-26(8,9)10)32-13-29-16-17(32)30-20(28)31-18(16)33(21(35)39-24(2,3)4)22(36)40-25(5,6)7/h13-15,19,34H,12H2,1-11H3/t14-,15-,19-,27-/m1/s1. The van der Waals surface area contributed by atoms with Gasteiger partial charge in [0.2, 0.25) is 5.28 Å². The number of aromatic nitrogens is 4. The zero-order chi connectivity index (χ0) is 32.0. The predicted octanol–water partition coefficient (Wildman–Crippen LogP) is 5.39. The van der Waals surface area contributed by atoms with Crippen LogP contribution >= 0.6 is 11.6 Å². The first-order chi connectivity index (χ1) is 19.1. The number of anilines is 1. The van der Waals surface area contributed by atoms with E-state index in [9.17, 15) is 19.5 Å². The van der Waals surface area contributed by atoms with Crippen LogP contribution in [-0.4, -0.2) is 78.1 Å². The van der Waals surface area contributed by atoms with E-state index < -0.39 is 59.0 Å². The summed E-state index contributed by atoms with van der Waals surface area (Å²) >= 11 is 6.31. The molecule has 3 heterocycles. The number of imide groups is 1. The van der Waals surface area contributed by atoms with Crippen LogP contribution in [0.5, 0.6) is 0 Å². The molecule has 2 amide bonds. The van der Waals surface area contributed by atoms with E-state index in [0.717, 1.165) is 0 Å². The van der Waals surface area contributed by atoms with Crippen molar-refractivity contribution in [1.29, 1.82) is 0 Å². The van der Waals surface area contributed by atoms with Crippen molar-refractivity contribution in [3.8, 4) is 0 Å². The second-order valence-electron chi connectivity index (χ2n) is 13.2. The van der Waals surface area contributed by atoms with Crippen LogP contribution in [-0.2, 0) is 23.7 Å². The topological polar surface area (TPSA) is 164 Å². The lowest BCUT2D eigenvalue weighted by atomic mass is 9.88. The van der Waals surface area contributed by atoms with Crippen molar-refractivity contribution >= 4 is 46.9 Å². The summed E-state index contributed by atoms with van der Waals surface area (Å²) in [6.45, 7) is 17.9. The summed E-state index contributed by atoms with van der Waals surface area (Å²) in [4.78, 5) is 52.8. The number of fused-ring (bicyclic) bond motifs is 1. The fourth-order valence-electron chi connectivity index (χ4n) is 4.22. The summed E-state index contributed by atoms with van der Waals surface area (Å²) < 4.78 is 29.7. The molecule has 2 aromatic rings. The van der Waals surface area contributed by atoms with Crippen LogP contribution in [0.4, 0.5) is 20.2 Å². The Morgan fingerprint density at radius 3 is 2.00 bits per heavy atom. The molecular formula is C27H40ClN5O9. The third-order valence-electron chi connectivity index (χ3n) is 6.12. The number of aliphatic hydroxyl groups excluding tert-OH is 1. The number of imidazole rings is 1. The number of rotatable bonds is 4. The van der Waals surface area contributed by atoms with Crippen LogP contribution in [0.3, 0.4) is 0 Å². The zero-order valence-corrected chi connectivity index (χ0v) is 26.6. The maximum absolute atomic E-state index is 13.3. The number of carbonyl (C=O) groups is 3. The molecule has 3 rings (SSSR count). The number of amides is 2. The first-order valence-electron chi connectivity index (χ1n) is 13.4. The minimum atomic E-state index is -1.39. The molecule has 1 saturated heterocycles. The fourth-order valence-corrected chi connectivity index (χ4v) is 4.38. The normalized spacial score (nSPS) is 23.0. The van der Waals surface area contributed by atoms with Gasteiger partial charge in [0.05, 0.1) is 19.0 Å². The maximum atomic E-state index is 13.3. The van der Waals surface area contributed by atoms with E-state index in [1.807, 2.05) is 0 Å². The van der Waals surface area contributed by atoms with E-state index in [0.29, 0.717) is 4.90 Å². The van der Waals surface area contributed by atoms with Crippen LogP contribution in [0.2, 0.25) is 5.28 Å². The Hall–Kier alpha value is -3.23. The van der Waals surface area contributed by atoms with Gasteiger partial charge in [-0.3, -0.25) is 4.57 Å². The summed E-state index contributed by atoms with van der Waals surface area (Å²) in [6.07, 6.45) is -3.61. The van der Waals surface area contributed by atoms with Gasteiger partial charge in [-0.05, 0) is 80.8 Å². The highest BCUT2D eigenvalue weighted by molar-refractivity contribution is 6.29. The molecule has 1 N–H and O–H groups in total. The van der Waals surface area contributed by atoms with Gasteiger partial charge >= 0.3 is 18.3 Å². The molecular weight excluding hydrogens is 574 g/mol. The lowest BCUT2D eigenvalue weighted by molar-refractivity contribution is -0.120. The Bertz CT molecular complexity index is 1320. The Balaban J connectivity index is 2.18. The summed E-state index contributed by atoms with van der Waals surface area (Å²) in [5.74, 6) is -0.818. The monoisotopic (exact) mass is 613 g/mol. The first kappa shape index (κ1) is 33.3. The van der Waals surface area contributed by atoms with Crippen molar-refractivity contribution in [2.75, 3.05) is 11.5 Å². The van der Waals surface area contributed by atoms with Gasteiger partial charge in [-0.1, -0.05) is 6.92 Å².